The molecule has 2 heterocycles. The summed E-state index contributed by atoms with van der Waals surface area (Å²) in [5.74, 6) is 1.98. The minimum Gasteiger partial charge on any atom is -0.448 e. The summed E-state index contributed by atoms with van der Waals surface area (Å²) in [6, 6.07) is 0. The molecule has 0 saturated carbocycles. The van der Waals surface area contributed by atoms with Gasteiger partial charge in [0, 0.05) is 18.7 Å². The van der Waals surface area contributed by atoms with Gasteiger partial charge in [0.1, 0.15) is 5.76 Å². The molecule has 1 N–H and O–H groups in total. The SMILES string of the molecule is CC(C)c1ocnc1CSc1ncc(CO)n1C. The number of aromatic nitrogens is 3. The average molecular weight is 267 g/mol. The third-order valence-corrected chi connectivity index (χ3v) is 3.79. The maximum Gasteiger partial charge on any atom is 0.181 e. The van der Waals surface area contributed by atoms with Gasteiger partial charge in [0.25, 0.3) is 0 Å². The van der Waals surface area contributed by atoms with Gasteiger partial charge in [-0.3, -0.25) is 0 Å². The van der Waals surface area contributed by atoms with Crippen LogP contribution < -0.4 is 0 Å². The fraction of sp³-hybridized carbons (Fsp3) is 0.500. The second kappa shape index (κ2) is 5.58. The number of hydrogen-bond donors (Lipinski definition) is 1. The van der Waals surface area contributed by atoms with Crippen molar-refractivity contribution in [2.24, 2.45) is 7.05 Å². The maximum atomic E-state index is 9.10. The second-order valence-corrected chi connectivity index (χ2v) is 5.30. The Hall–Kier alpha value is -1.27. The van der Waals surface area contributed by atoms with E-state index in [0.29, 0.717) is 5.92 Å². The Labute approximate surface area is 110 Å². The Morgan fingerprint density at radius 3 is 2.83 bits per heavy atom. The van der Waals surface area contributed by atoms with Crippen LogP contribution in [0.5, 0.6) is 0 Å². The lowest BCUT2D eigenvalue weighted by Crippen LogP contribution is -1.98. The number of aliphatic hydroxyl groups is 1. The van der Waals surface area contributed by atoms with Crippen LogP contribution in [0.2, 0.25) is 0 Å². The fourth-order valence-corrected chi connectivity index (χ4v) is 2.62. The number of imidazole rings is 1. The van der Waals surface area contributed by atoms with Crippen LogP contribution in [-0.4, -0.2) is 19.6 Å². The molecule has 0 unspecified atom stereocenters. The molecule has 2 aromatic rings. The molecule has 2 rings (SSSR count). The highest BCUT2D eigenvalue weighted by Gasteiger charge is 2.14. The Morgan fingerprint density at radius 1 is 1.44 bits per heavy atom. The van der Waals surface area contributed by atoms with E-state index in [4.69, 9.17) is 9.52 Å². The zero-order chi connectivity index (χ0) is 13.1. The minimum atomic E-state index is 0.00522. The van der Waals surface area contributed by atoms with E-state index in [2.05, 4.69) is 23.8 Å². The summed E-state index contributed by atoms with van der Waals surface area (Å²) in [5, 5.41) is 9.98. The summed E-state index contributed by atoms with van der Waals surface area (Å²) in [4.78, 5) is 8.50. The van der Waals surface area contributed by atoms with Gasteiger partial charge in [0.15, 0.2) is 11.6 Å². The van der Waals surface area contributed by atoms with Crippen LogP contribution in [0.25, 0.3) is 0 Å². The van der Waals surface area contributed by atoms with Crippen molar-refractivity contribution in [3.63, 3.8) is 0 Å². The molecule has 5 nitrogen and oxygen atoms in total. The summed E-state index contributed by atoms with van der Waals surface area (Å²) in [5.41, 5.74) is 1.77. The van der Waals surface area contributed by atoms with Crippen LogP contribution in [0, 0.1) is 0 Å². The highest BCUT2D eigenvalue weighted by Crippen LogP contribution is 2.26. The molecule has 0 amide bonds. The summed E-state index contributed by atoms with van der Waals surface area (Å²) >= 11 is 1.59. The Kier molecular flexibility index (Phi) is 4.08. The van der Waals surface area contributed by atoms with Crippen molar-refractivity contribution in [1.82, 2.24) is 14.5 Å². The van der Waals surface area contributed by atoms with Crippen molar-refractivity contribution in [1.29, 1.82) is 0 Å². The molecule has 0 radical (unpaired) electrons. The number of rotatable bonds is 5. The molecule has 0 aliphatic rings. The lowest BCUT2D eigenvalue weighted by molar-refractivity contribution is 0.271. The van der Waals surface area contributed by atoms with Crippen LogP contribution in [0.15, 0.2) is 22.2 Å². The van der Waals surface area contributed by atoms with E-state index in [-0.39, 0.29) is 6.61 Å². The molecule has 6 heteroatoms. The molecular formula is C12H17N3O2S. The summed E-state index contributed by atoms with van der Waals surface area (Å²) in [6.07, 6.45) is 3.18. The van der Waals surface area contributed by atoms with Crippen LogP contribution in [-0.2, 0) is 19.4 Å². The highest BCUT2D eigenvalue weighted by atomic mass is 32.2. The van der Waals surface area contributed by atoms with Crippen LogP contribution >= 0.6 is 11.8 Å². The predicted molar refractivity (Wildman–Crippen MR) is 69.3 cm³/mol. The molecule has 0 aliphatic heterocycles. The summed E-state index contributed by atoms with van der Waals surface area (Å²) in [6.45, 7) is 4.17. The zero-order valence-corrected chi connectivity index (χ0v) is 11.6. The van der Waals surface area contributed by atoms with E-state index < -0.39 is 0 Å². The Balaban J connectivity index is 2.07. The number of nitrogens with zero attached hydrogens (tertiary/aromatic N) is 3. The van der Waals surface area contributed by atoms with Crippen molar-refractivity contribution >= 4 is 11.8 Å². The zero-order valence-electron chi connectivity index (χ0n) is 10.8. The molecule has 0 fully saturated rings. The van der Waals surface area contributed by atoms with Crippen LogP contribution in [0.1, 0.15) is 36.9 Å². The fourth-order valence-electron chi connectivity index (χ4n) is 1.70. The van der Waals surface area contributed by atoms with Crippen molar-refractivity contribution in [2.45, 2.75) is 37.3 Å². The van der Waals surface area contributed by atoms with Gasteiger partial charge in [-0.25, -0.2) is 9.97 Å². The van der Waals surface area contributed by atoms with Gasteiger partial charge >= 0.3 is 0 Å². The highest BCUT2D eigenvalue weighted by molar-refractivity contribution is 7.98. The number of thioether (sulfide) groups is 1. The standard InChI is InChI=1S/C12H17N3O2S/c1-8(2)11-10(14-7-17-11)6-18-12-13-4-9(5-16)15(12)3/h4,7-8,16H,5-6H2,1-3H3. The molecule has 0 bridgehead atoms. The van der Waals surface area contributed by atoms with Crippen molar-refractivity contribution in [3.8, 4) is 0 Å². The summed E-state index contributed by atoms with van der Waals surface area (Å²) < 4.78 is 7.27. The van der Waals surface area contributed by atoms with Crippen LogP contribution in [0.4, 0.5) is 0 Å². The van der Waals surface area contributed by atoms with Gasteiger partial charge in [-0.15, -0.1) is 0 Å². The van der Waals surface area contributed by atoms with E-state index in [1.54, 1.807) is 18.0 Å². The molecule has 98 valence electrons. The molecule has 18 heavy (non-hydrogen) atoms. The van der Waals surface area contributed by atoms with Gasteiger partial charge in [-0.2, -0.15) is 0 Å². The third kappa shape index (κ3) is 2.59. The Bertz CT molecular complexity index is 519. The van der Waals surface area contributed by atoms with Crippen molar-refractivity contribution < 1.29 is 9.52 Å². The monoisotopic (exact) mass is 267 g/mol. The molecule has 0 saturated heterocycles. The third-order valence-electron chi connectivity index (χ3n) is 2.74. The number of oxazole rings is 1. The largest absolute Gasteiger partial charge is 0.448 e. The quantitative estimate of drug-likeness (QED) is 0.842. The average Bonchev–Trinajstić information content (AvgIpc) is 2.93. The minimum absolute atomic E-state index is 0.00522. The first kappa shape index (κ1) is 13.2. The number of hydrogen-bond acceptors (Lipinski definition) is 5. The molecule has 2 aromatic heterocycles. The first-order valence-electron chi connectivity index (χ1n) is 5.80. The Morgan fingerprint density at radius 2 is 2.22 bits per heavy atom. The first-order chi connectivity index (χ1) is 8.63. The molecule has 0 atom stereocenters. The van der Waals surface area contributed by atoms with E-state index in [0.717, 1.165) is 28.1 Å². The van der Waals surface area contributed by atoms with E-state index in [1.807, 2.05) is 11.6 Å². The molecule has 0 aliphatic carbocycles. The van der Waals surface area contributed by atoms with Gasteiger partial charge in [-0.1, -0.05) is 25.6 Å². The van der Waals surface area contributed by atoms with Gasteiger partial charge in [-0.05, 0) is 0 Å². The van der Waals surface area contributed by atoms with E-state index in [9.17, 15) is 0 Å². The van der Waals surface area contributed by atoms with Crippen molar-refractivity contribution in [2.75, 3.05) is 0 Å². The normalized spacial score (nSPS) is 11.4. The van der Waals surface area contributed by atoms with Gasteiger partial charge in [0.05, 0.1) is 24.2 Å². The van der Waals surface area contributed by atoms with E-state index in [1.165, 1.54) is 6.39 Å². The van der Waals surface area contributed by atoms with Gasteiger partial charge in [0.2, 0.25) is 0 Å². The molecule has 0 aromatic carbocycles. The molecule has 0 spiro atoms. The second-order valence-electron chi connectivity index (χ2n) is 4.36. The topological polar surface area (TPSA) is 64.1 Å². The van der Waals surface area contributed by atoms with Crippen molar-refractivity contribution in [3.05, 3.63) is 29.7 Å². The first-order valence-corrected chi connectivity index (χ1v) is 6.78. The van der Waals surface area contributed by atoms with Gasteiger partial charge < -0.3 is 14.1 Å². The maximum absolute atomic E-state index is 9.10. The predicted octanol–water partition coefficient (Wildman–Crippen LogP) is 2.32. The molecular weight excluding hydrogens is 250 g/mol. The summed E-state index contributed by atoms with van der Waals surface area (Å²) in [7, 11) is 1.90. The lowest BCUT2D eigenvalue weighted by Gasteiger charge is -2.05. The smallest absolute Gasteiger partial charge is 0.181 e. The van der Waals surface area contributed by atoms with Crippen LogP contribution in [0.3, 0.4) is 0 Å². The lowest BCUT2D eigenvalue weighted by atomic mass is 10.1. The number of aliphatic hydroxyl groups excluding tert-OH is 1. The van der Waals surface area contributed by atoms with E-state index >= 15 is 0 Å².